The fraction of sp³-hybridized carbons (Fsp3) is 0.235. The second-order valence-corrected chi connectivity index (χ2v) is 5.85. The minimum Gasteiger partial charge on any atom is -0.449 e. The molecule has 0 saturated carbocycles. The summed E-state index contributed by atoms with van der Waals surface area (Å²) in [6, 6.07) is 7.86. The predicted molar refractivity (Wildman–Crippen MR) is 88.4 cm³/mol. The lowest BCUT2D eigenvalue weighted by Crippen LogP contribution is -2.35. The number of hydrogen-bond acceptors (Lipinski definition) is 5. The summed E-state index contributed by atoms with van der Waals surface area (Å²) in [5, 5.41) is 14.7. The SMILES string of the molecule is Cc1nc(-c2cc3cc(C4=NNC(=O)CC4CO)ccc3[nH]2)co1. The number of rotatable bonds is 3. The number of nitrogens with one attached hydrogen (secondary N) is 2. The molecule has 0 saturated heterocycles. The Morgan fingerprint density at radius 2 is 2.25 bits per heavy atom. The maximum absolute atomic E-state index is 11.4. The van der Waals surface area contributed by atoms with Crippen LogP contribution in [0.3, 0.4) is 0 Å². The van der Waals surface area contributed by atoms with E-state index in [0.29, 0.717) is 11.6 Å². The molecule has 7 heteroatoms. The van der Waals surface area contributed by atoms with E-state index in [2.05, 4.69) is 20.5 Å². The Morgan fingerprint density at radius 3 is 3.00 bits per heavy atom. The number of aliphatic hydroxyl groups excluding tert-OH is 1. The van der Waals surface area contributed by atoms with E-state index in [9.17, 15) is 9.90 Å². The van der Waals surface area contributed by atoms with Crippen molar-refractivity contribution in [3.8, 4) is 11.4 Å². The molecule has 0 bridgehead atoms. The van der Waals surface area contributed by atoms with Gasteiger partial charge in [0.15, 0.2) is 5.89 Å². The van der Waals surface area contributed by atoms with E-state index in [1.54, 1.807) is 13.2 Å². The molecule has 24 heavy (non-hydrogen) atoms. The van der Waals surface area contributed by atoms with Crippen molar-refractivity contribution in [3.05, 3.63) is 42.0 Å². The van der Waals surface area contributed by atoms with Gasteiger partial charge in [-0.15, -0.1) is 0 Å². The molecule has 3 N–H and O–H groups in total. The van der Waals surface area contributed by atoms with Crippen LogP contribution in [-0.2, 0) is 4.79 Å². The lowest BCUT2D eigenvalue weighted by molar-refractivity contribution is -0.122. The predicted octanol–water partition coefficient (Wildman–Crippen LogP) is 1.96. The summed E-state index contributed by atoms with van der Waals surface area (Å²) in [5.41, 5.74) is 6.65. The summed E-state index contributed by atoms with van der Waals surface area (Å²) < 4.78 is 5.25. The number of oxazole rings is 1. The number of fused-ring (bicyclic) bond motifs is 1. The van der Waals surface area contributed by atoms with Crippen LogP contribution >= 0.6 is 0 Å². The minimum absolute atomic E-state index is 0.110. The van der Waals surface area contributed by atoms with Gasteiger partial charge in [-0.05, 0) is 23.8 Å². The number of carbonyl (C=O) groups excluding carboxylic acids is 1. The lowest BCUT2D eigenvalue weighted by Gasteiger charge is -2.20. The number of H-pyrrole nitrogens is 1. The van der Waals surface area contributed by atoms with Gasteiger partial charge in [0, 0.05) is 30.2 Å². The van der Waals surface area contributed by atoms with Crippen molar-refractivity contribution in [3.63, 3.8) is 0 Å². The van der Waals surface area contributed by atoms with Crippen LogP contribution in [0.15, 0.2) is 40.0 Å². The Balaban J connectivity index is 1.74. The molecule has 1 unspecified atom stereocenters. The van der Waals surface area contributed by atoms with E-state index in [4.69, 9.17) is 4.42 Å². The van der Waals surface area contributed by atoms with Gasteiger partial charge in [-0.25, -0.2) is 10.4 Å². The lowest BCUT2D eigenvalue weighted by atomic mass is 9.92. The first-order chi connectivity index (χ1) is 11.6. The first-order valence-electron chi connectivity index (χ1n) is 7.67. The molecule has 122 valence electrons. The molecule has 1 aliphatic heterocycles. The molecule has 1 aliphatic rings. The summed E-state index contributed by atoms with van der Waals surface area (Å²) in [6.45, 7) is 1.69. The average molecular weight is 324 g/mol. The van der Waals surface area contributed by atoms with Crippen LogP contribution in [-0.4, -0.2) is 33.3 Å². The Labute approximate surface area is 137 Å². The molecule has 7 nitrogen and oxygen atoms in total. The highest BCUT2D eigenvalue weighted by Gasteiger charge is 2.25. The van der Waals surface area contributed by atoms with Gasteiger partial charge in [0.05, 0.1) is 18.0 Å². The number of aromatic amines is 1. The highest BCUT2D eigenvalue weighted by molar-refractivity contribution is 6.08. The maximum Gasteiger partial charge on any atom is 0.240 e. The number of hydrazone groups is 1. The van der Waals surface area contributed by atoms with Crippen LogP contribution in [0, 0.1) is 12.8 Å². The number of aromatic nitrogens is 2. The van der Waals surface area contributed by atoms with Crippen LogP contribution in [0.1, 0.15) is 17.9 Å². The number of aliphatic hydroxyl groups is 1. The second-order valence-electron chi connectivity index (χ2n) is 5.85. The van der Waals surface area contributed by atoms with E-state index in [1.165, 1.54) is 0 Å². The van der Waals surface area contributed by atoms with E-state index >= 15 is 0 Å². The normalized spacial score (nSPS) is 17.8. The van der Waals surface area contributed by atoms with Crippen LogP contribution in [0.2, 0.25) is 0 Å². The van der Waals surface area contributed by atoms with Crippen molar-refractivity contribution in [1.82, 2.24) is 15.4 Å². The van der Waals surface area contributed by atoms with Crippen molar-refractivity contribution >= 4 is 22.5 Å². The number of carbonyl (C=O) groups is 1. The van der Waals surface area contributed by atoms with Crippen LogP contribution < -0.4 is 5.43 Å². The second kappa shape index (κ2) is 5.61. The van der Waals surface area contributed by atoms with Crippen LogP contribution in [0.4, 0.5) is 0 Å². The van der Waals surface area contributed by atoms with Crippen molar-refractivity contribution in [2.45, 2.75) is 13.3 Å². The van der Waals surface area contributed by atoms with Gasteiger partial charge < -0.3 is 14.5 Å². The largest absolute Gasteiger partial charge is 0.449 e. The van der Waals surface area contributed by atoms with Crippen molar-refractivity contribution in [2.75, 3.05) is 6.61 Å². The molecule has 0 fully saturated rings. The third kappa shape index (κ3) is 2.48. The summed E-state index contributed by atoms with van der Waals surface area (Å²) in [4.78, 5) is 19.1. The van der Waals surface area contributed by atoms with Gasteiger partial charge in [-0.3, -0.25) is 4.79 Å². The Hall–Kier alpha value is -2.93. The first-order valence-corrected chi connectivity index (χ1v) is 7.67. The number of aryl methyl sites for hydroxylation is 1. The number of amides is 1. The molecule has 3 aromatic rings. The van der Waals surface area contributed by atoms with Gasteiger partial charge in [0.2, 0.25) is 5.91 Å². The van der Waals surface area contributed by atoms with Gasteiger partial charge in [-0.1, -0.05) is 6.07 Å². The van der Waals surface area contributed by atoms with Gasteiger partial charge in [0.1, 0.15) is 12.0 Å². The Morgan fingerprint density at radius 1 is 1.38 bits per heavy atom. The molecule has 0 spiro atoms. The monoisotopic (exact) mass is 324 g/mol. The van der Waals surface area contributed by atoms with Crippen LogP contribution in [0.5, 0.6) is 0 Å². The Kier molecular flexibility index (Phi) is 3.42. The fourth-order valence-electron chi connectivity index (χ4n) is 2.95. The van der Waals surface area contributed by atoms with Crippen molar-refractivity contribution < 1.29 is 14.3 Å². The summed E-state index contributed by atoms with van der Waals surface area (Å²) in [5.74, 6) is 0.152. The smallest absolute Gasteiger partial charge is 0.240 e. The number of nitrogens with zero attached hydrogens (tertiary/aromatic N) is 2. The van der Waals surface area contributed by atoms with E-state index in [0.717, 1.165) is 27.9 Å². The topological polar surface area (TPSA) is 104 Å². The van der Waals surface area contributed by atoms with Gasteiger partial charge in [-0.2, -0.15) is 5.10 Å². The third-order valence-corrected chi connectivity index (χ3v) is 4.15. The molecule has 4 rings (SSSR count). The molecule has 2 aromatic heterocycles. The van der Waals surface area contributed by atoms with E-state index in [-0.39, 0.29) is 24.9 Å². The van der Waals surface area contributed by atoms with E-state index < -0.39 is 0 Å². The number of benzene rings is 1. The highest BCUT2D eigenvalue weighted by Crippen LogP contribution is 2.26. The molecular weight excluding hydrogens is 308 g/mol. The van der Waals surface area contributed by atoms with Gasteiger partial charge in [0.25, 0.3) is 0 Å². The quantitative estimate of drug-likeness (QED) is 0.685. The number of hydrogen-bond donors (Lipinski definition) is 3. The zero-order valence-electron chi connectivity index (χ0n) is 13.0. The molecular formula is C17H16N4O3. The molecule has 0 radical (unpaired) electrons. The molecule has 1 atom stereocenters. The van der Waals surface area contributed by atoms with Crippen molar-refractivity contribution in [2.24, 2.45) is 11.0 Å². The maximum atomic E-state index is 11.4. The third-order valence-electron chi connectivity index (χ3n) is 4.15. The zero-order chi connectivity index (χ0) is 16.7. The summed E-state index contributed by atoms with van der Waals surface area (Å²) >= 11 is 0. The summed E-state index contributed by atoms with van der Waals surface area (Å²) in [6.07, 6.45) is 1.85. The standard InChI is InChI=1S/C17H16N4O3/c1-9-18-15(8-24-9)14-5-11-4-10(2-3-13(11)19-14)17-12(7-22)6-16(23)20-21-17/h2-5,8,12,19,22H,6-7H2,1H3,(H,20,23). The fourth-order valence-corrected chi connectivity index (χ4v) is 2.95. The minimum atomic E-state index is -0.284. The van der Waals surface area contributed by atoms with Gasteiger partial charge >= 0.3 is 0 Å². The van der Waals surface area contributed by atoms with Crippen LogP contribution in [0.25, 0.3) is 22.3 Å². The first kappa shape index (κ1) is 14.6. The highest BCUT2D eigenvalue weighted by atomic mass is 16.3. The molecule has 3 heterocycles. The molecule has 1 aromatic carbocycles. The Bertz CT molecular complexity index is 954. The van der Waals surface area contributed by atoms with E-state index in [1.807, 2.05) is 24.3 Å². The van der Waals surface area contributed by atoms with Crippen molar-refractivity contribution in [1.29, 1.82) is 0 Å². The molecule has 1 amide bonds. The molecule has 0 aliphatic carbocycles. The summed E-state index contributed by atoms with van der Waals surface area (Å²) in [7, 11) is 0. The zero-order valence-corrected chi connectivity index (χ0v) is 13.0. The average Bonchev–Trinajstić information content (AvgIpc) is 3.19.